The highest BCUT2D eigenvalue weighted by atomic mass is 35.5. The molecule has 2 aromatic rings. The van der Waals surface area contributed by atoms with Gasteiger partial charge in [-0.3, -0.25) is 9.59 Å². The molecule has 174 valence electrons. The summed E-state index contributed by atoms with van der Waals surface area (Å²) in [7, 11) is 1.60. The van der Waals surface area contributed by atoms with Gasteiger partial charge < -0.3 is 19.7 Å². The molecule has 32 heavy (non-hydrogen) atoms. The van der Waals surface area contributed by atoms with Gasteiger partial charge in [0.15, 0.2) is 6.61 Å². The zero-order chi connectivity index (χ0) is 23.7. The highest BCUT2D eigenvalue weighted by Crippen LogP contribution is 2.26. The average Bonchev–Trinajstić information content (AvgIpc) is 2.79. The number of halogens is 1. The third-order valence-electron chi connectivity index (χ3n) is 5.28. The van der Waals surface area contributed by atoms with Crippen LogP contribution in [0.5, 0.6) is 11.5 Å². The highest BCUT2D eigenvalue weighted by molar-refractivity contribution is 6.32. The van der Waals surface area contributed by atoms with Crippen LogP contribution in [0.3, 0.4) is 0 Å². The first kappa shape index (κ1) is 25.5. The molecular formula is C25H33ClN2O4. The number of rotatable bonds is 11. The minimum Gasteiger partial charge on any atom is -0.497 e. The zero-order valence-electron chi connectivity index (χ0n) is 19.5. The summed E-state index contributed by atoms with van der Waals surface area (Å²) in [5.41, 5.74) is 2.66. The molecule has 1 N–H and O–H groups in total. The Bertz CT molecular complexity index is 892. The SMILES string of the molecule is CCCCNC(=O)C(C)N(Cc1ccc(OC)cc1)C(=O)COc1cc(C)c(Cl)c(C)c1. The number of benzene rings is 2. The molecule has 1 unspecified atom stereocenters. The second kappa shape index (κ2) is 12.3. The molecule has 0 aliphatic rings. The van der Waals surface area contributed by atoms with Gasteiger partial charge in [-0.25, -0.2) is 0 Å². The second-order valence-electron chi connectivity index (χ2n) is 7.85. The maximum atomic E-state index is 13.1. The van der Waals surface area contributed by atoms with Crippen molar-refractivity contribution in [1.29, 1.82) is 0 Å². The normalized spacial score (nSPS) is 11.6. The second-order valence-corrected chi connectivity index (χ2v) is 8.23. The van der Waals surface area contributed by atoms with Crippen LogP contribution in [0, 0.1) is 13.8 Å². The van der Waals surface area contributed by atoms with Gasteiger partial charge in [0, 0.05) is 18.1 Å². The fraction of sp³-hybridized carbons (Fsp3) is 0.440. The van der Waals surface area contributed by atoms with Gasteiger partial charge in [-0.05, 0) is 68.1 Å². The van der Waals surface area contributed by atoms with E-state index < -0.39 is 6.04 Å². The summed E-state index contributed by atoms with van der Waals surface area (Å²) in [6.45, 7) is 8.28. The van der Waals surface area contributed by atoms with Gasteiger partial charge >= 0.3 is 0 Å². The third-order valence-corrected chi connectivity index (χ3v) is 5.88. The van der Waals surface area contributed by atoms with Gasteiger partial charge in [-0.15, -0.1) is 0 Å². The number of aryl methyl sites for hydroxylation is 2. The number of carbonyl (C=O) groups is 2. The van der Waals surface area contributed by atoms with Crippen molar-refractivity contribution >= 4 is 23.4 Å². The summed E-state index contributed by atoms with van der Waals surface area (Å²) in [5.74, 6) is 0.846. The molecule has 6 nitrogen and oxygen atoms in total. The Kier molecular flexibility index (Phi) is 9.85. The minimum absolute atomic E-state index is 0.177. The molecule has 0 fully saturated rings. The lowest BCUT2D eigenvalue weighted by Crippen LogP contribution is -2.49. The van der Waals surface area contributed by atoms with Crippen LogP contribution in [0.25, 0.3) is 0 Å². The number of unbranched alkanes of at least 4 members (excludes halogenated alkanes) is 1. The van der Waals surface area contributed by atoms with E-state index in [1.165, 1.54) is 0 Å². The zero-order valence-corrected chi connectivity index (χ0v) is 20.3. The first-order valence-corrected chi connectivity index (χ1v) is 11.2. The van der Waals surface area contributed by atoms with Crippen LogP contribution in [0.1, 0.15) is 43.4 Å². The molecule has 2 aromatic carbocycles. The van der Waals surface area contributed by atoms with Crippen LogP contribution in [0.2, 0.25) is 5.02 Å². The molecule has 1 atom stereocenters. The van der Waals surface area contributed by atoms with Gasteiger partial charge in [0.05, 0.1) is 7.11 Å². The number of methoxy groups -OCH3 is 1. The lowest BCUT2D eigenvalue weighted by Gasteiger charge is -2.29. The summed E-state index contributed by atoms with van der Waals surface area (Å²) in [5, 5.41) is 3.59. The van der Waals surface area contributed by atoms with E-state index >= 15 is 0 Å². The fourth-order valence-corrected chi connectivity index (χ4v) is 3.37. The van der Waals surface area contributed by atoms with Crippen LogP contribution >= 0.6 is 11.6 Å². The van der Waals surface area contributed by atoms with E-state index in [1.807, 2.05) is 38.1 Å². The smallest absolute Gasteiger partial charge is 0.261 e. The Balaban J connectivity index is 2.15. The minimum atomic E-state index is -0.640. The van der Waals surface area contributed by atoms with E-state index in [0.29, 0.717) is 17.3 Å². The Morgan fingerprint density at radius 3 is 2.28 bits per heavy atom. The lowest BCUT2D eigenvalue weighted by molar-refractivity contribution is -0.142. The van der Waals surface area contributed by atoms with Gasteiger partial charge in [0.1, 0.15) is 17.5 Å². The maximum absolute atomic E-state index is 13.1. The monoisotopic (exact) mass is 460 g/mol. The molecule has 0 radical (unpaired) electrons. The molecule has 0 bridgehead atoms. The Labute approximate surface area is 195 Å². The van der Waals surface area contributed by atoms with Crippen LogP contribution < -0.4 is 14.8 Å². The molecular weight excluding hydrogens is 428 g/mol. The van der Waals surface area contributed by atoms with E-state index in [1.54, 1.807) is 31.1 Å². The van der Waals surface area contributed by atoms with E-state index in [-0.39, 0.29) is 25.0 Å². The van der Waals surface area contributed by atoms with Crippen molar-refractivity contribution in [2.45, 2.75) is 53.1 Å². The Hall–Kier alpha value is -2.73. The van der Waals surface area contributed by atoms with Crippen LogP contribution in [0.4, 0.5) is 0 Å². The van der Waals surface area contributed by atoms with Crippen LogP contribution in [-0.4, -0.2) is 43.0 Å². The Morgan fingerprint density at radius 1 is 1.09 bits per heavy atom. The Morgan fingerprint density at radius 2 is 1.72 bits per heavy atom. The van der Waals surface area contributed by atoms with E-state index in [0.717, 1.165) is 35.3 Å². The highest BCUT2D eigenvalue weighted by Gasteiger charge is 2.26. The van der Waals surface area contributed by atoms with Crippen molar-refractivity contribution in [2.75, 3.05) is 20.3 Å². The molecule has 0 heterocycles. The summed E-state index contributed by atoms with van der Waals surface area (Å²) >= 11 is 6.22. The number of carbonyl (C=O) groups excluding carboxylic acids is 2. The maximum Gasteiger partial charge on any atom is 0.261 e. The number of amides is 2. The number of nitrogens with zero attached hydrogens (tertiary/aromatic N) is 1. The molecule has 0 saturated heterocycles. The van der Waals surface area contributed by atoms with Crippen molar-refractivity contribution < 1.29 is 19.1 Å². The number of hydrogen-bond donors (Lipinski definition) is 1. The van der Waals surface area contributed by atoms with E-state index in [9.17, 15) is 9.59 Å². The van der Waals surface area contributed by atoms with Crippen molar-refractivity contribution in [2.24, 2.45) is 0 Å². The van der Waals surface area contributed by atoms with Crippen molar-refractivity contribution in [3.63, 3.8) is 0 Å². The fourth-order valence-electron chi connectivity index (χ4n) is 3.26. The van der Waals surface area contributed by atoms with E-state index in [2.05, 4.69) is 12.2 Å². The van der Waals surface area contributed by atoms with Gasteiger partial charge in [0.25, 0.3) is 5.91 Å². The van der Waals surface area contributed by atoms with Gasteiger partial charge in [-0.1, -0.05) is 37.1 Å². The van der Waals surface area contributed by atoms with Crippen molar-refractivity contribution in [3.8, 4) is 11.5 Å². The third kappa shape index (κ3) is 7.16. The number of hydrogen-bond acceptors (Lipinski definition) is 4. The molecule has 0 aliphatic heterocycles. The molecule has 0 spiro atoms. The predicted octanol–water partition coefficient (Wildman–Crippen LogP) is 4.68. The van der Waals surface area contributed by atoms with Gasteiger partial charge in [0.2, 0.25) is 5.91 Å². The standard InChI is InChI=1S/C25H33ClN2O4/c1-6-7-12-27-25(30)19(4)28(15-20-8-10-21(31-5)11-9-20)23(29)16-32-22-13-17(2)24(26)18(3)14-22/h8-11,13-14,19H,6-7,12,15-16H2,1-5H3,(H,27,30). The lowest BCUT2D eigenvalue weighted by atomic mass is 10.1. The molecule has 7 heteroatoms. The summed E-state index contributed by atoms with van der Waals surface area (Å²) in [6.07, 6.45) is 1.88. The molecule has 0 aromatic heterocycles. The van der Waals surface area contributed by atoms with Crippen molar-refractivity contribution in [1.82, 2.24) is 10.2 Å². The molecule has 0 aliphatic carbocycles. The molecule has 2 rings (SSSR count). The quantitative estimate of drug-likeness (QED) is 0.494. The number of nitrogens with one attached hydrogen (secondary N) is 1. The molecule has 2 amide bonds. The predicted molar refractivity (Wildman–Crippen MR) is 127 cm³/mol. The van der Waals surface area contributed by atoms with Crippen molar-refractivity contribution in [3.05, 3.63) is 58.1 Å². The van der Waals surface area contributed by atoms with Crippen LogP contribution in [-0.2, 0) is 16.1 Å². The van der Waals surface area contributed by atoms with Gasteiger partial charge in [-0.2, -0.15) is 0 Å². The topological polar surface area (TPSA) is 67.9 Å². The first-order valence-electron chi connectivity index (χ1n) is 10.9. The largest absolute Gasteiger partial charge is 0.497 e. The first-order chi connectivity index (χ1) is 15.3. The average molecular weight is 461 g/mol. The van der Waals surface area contributed by atoms with E-state index in [4.69, 9.17) is 21.1 Å². The summed E-state index contributed by atoms with van der Waals surface area (Å²) in [4.78, 5) is 27.3. The summed E-state index contributed by atoms with van der Waals surface area (Å²) in [6, 6.07) is 10.4. The molecule has 0 saturated carbocycles. The number of ether oxygens (including phenoxy) is 2. The summed E-state index contributed by atoms with van der Waals surface area (Å²) < 4.78 is 11.0. The van der Waals surface area contributed by atoms with Crippen LogP contribution in [0.15, 0.2) is 36.4 Å².